The fraction of sp³-hybridized carbons (Fsp3) is 0.179. The minimum Gasteiger partial charge on any atom is -0.508 e. The number of carbonyl (C=O) groups is 3. The normalized spacial score (nSPS) is 16.4. The highest BCUT2D eigenvalue weighted by Gasteiger charge is 2.47. The Balaban J connectivity index is 1.96. The fourth-order valence-corrected chi connectivity index (χ4v) is 4.50. The fourth-order valence-electron chi connectivity index (χ4n) is 4.26. The van der Waals surface area contributed by atoms with E-state index >= 15 is 0 Å². The van der Waals surface area contributed by atoms with E-state index in [9.17, 15) is 24.6 Å². The van der Waals surface area contributed by atoms with Gasteiger partial charge in [0.15, 0.2) is 0 Å². The van der Waals surface area contributed by atoms with Gasteiger partial charge in [0.25, 0.3) is 11.7 Å². The molecule has 0 radical (unpaired) electrons. The molecule has 1 unspecified atom stereocenters. The summed E-state index contributed by atoms with van der Waals surface area (Å²) >= 11 is 6.29. The van der Waals surface area contributed by atoms with Crippen LogP contribution in [0.15, 0.2) is 66.2 Å². The molecule has 0 aromatic heterocycles. The molecule has 9 nitrogen and oxygen atoms in total. The number of nitrogens with zero attached hydrogens (tertiary/aromatic N) is 1. The number of amides is 1. The van der Waals surface area contributed by atoms with Crippen molar-refractivity contribution in [1.29, 1.82) is 0 Å². The van der Waals surface area contributed by atoms with Crippen LogP contribution in [0.5, 0.6) is 17.2 Å². The van der Waals surface area contributed by atoms with Crippen LogP contribution in [0.3, 0.4) is 0 Å². The maximum absolute atomic E-state index is 13.4. The number of phenolic OH excluding ortho intramolecular Hbond substituents is 1. The molecule has 196 valence electrons. The first-order chi connectivity index (χ1) is 18.2. The van der Waals surface area contributed by atoms with Crippen LogP contribution in [-0.4, -0.2) is 48.7 Å². The Hall–Kier alpha value is -4.50. The number of esters is 1. The Bertz CT molecular complexity index is 1450. The zero-order valence-electron chi connectivity index (χ0n) is 20.7. The van der Waals surface area contributed by atoms with Crippen LogP contribution in [0, 0.1) is 0 Å². The molecule has 1 amide bonds. The summed E-state index contributed by atoms with van der Waals surface area (Å²) in [6, 6.07) is 13.6. The van der Waals surface area contributed by atoms with Gasteiger partial charge in [-0.1, -0.05) is 29.8 Å². The van der Waals surface area contributed by atoms with E-state index in [-0.39, 0.29) is 51.3 Å². The third-order valence-electron chi connectivity index (χ3n) is 6.02. The quantitative estimate of drug-likeness (QED) is 0.189. The van der Waals surface area contributed by atoms with Crippen LogP contribution in [0.1, 0.15) is 34.5 Å². The third kappa shape index (κ3) is 4.76. The standard InChI is InChI=1S/C28H24ClNO8/c1-4-38-28(35)16-6-5-7-17(12-16)30-24(15-8-10-18(31)11-9-15)23(26(33)27(30)34)25(32)19-13-20(29)22(37-3)14-21(19)36-2/h5-14,24,31-32H,4H2,1-3H3/b25-23+. The molecule has 1 saturated heterocycles. The van der Waals surface area contributed by atoms with Gasteiger partial charge in [-0.3, -0.25) is 14.5 Å². The number of aliphatic hydroxyl groups excluding tert-OH is 1. The molecule has 4 rings (SSSR count). The van der Waals surface area contributed by atoms with Gasteiger partial charge in [0.2, 0.25) is 0 Å². The van der Waals surface area contributed by atoms with Crippen LogP contribution in [0.4, 0.5) is 5.69 Å². The summed E-state index contributed by atoms with van der Waals surface area (Å²) in [4.78, 5) is 40.4. The second-order valence-electron chi connectivity index (χ2n) is 8.22. The number of aromatic hydroxyl groups is 1. The Kier molecular flexibility index (Phi) is 7.59. The monoisotopic (exact) mass is 537 g/mol. The number of ketones is 1. The predicted molar refractivity (Wildman–Crippen MR) is 140 cm³/mol. The summed E-state index contributed by atoms with van der Waals surface area (Å²) in [7, 11) is 2.79. The van der Waals surface area contributed by atoms with E-state index in [1.807, 2.05) is 0 Å². The van der Waals surface area contributed by atoms with Gasteiger partial charge >= 0.3 is 5.97 Å². The number of halogens is 1. The average molecular weight is 538 g/mol. The second-order valence-corrected chi connectivity index (χ2v) is 8.63. The van der Waals surface area contributed by atoms with Crippen LogP contribution in [-0.2, 0) is 14.3 Å². The van der Waals surface area contributed by atoms with E-state index < -0.39 is 29.5 Å². The Morgan fingerprint density at radius 2 is 1.68 bits per heavy atom. The number of benzene rings is 3. The van der Waals surface area contributed by atoms with Crippen molar-refractivity contribution in [3.8, 4) is 17.2 Å². The lowest BCUT2D eigenvalue weighted by molar-refractivity contribution is -0.132. The number of phenols is 1. The molecule has 10 heteroatoms. The first kappa shape index (κ1) is 26.6. The summed E-state index contributed by atoms with van der Waals surface area (Å²) in [5, 5.41) is 21.4. The van der Waals surface area contributed by atoms with Crippen LogP contribution in [0.2, 0.25) is 5.02 Å². The predicted octanol–water partition coefficient (Wildman–Crippen LogP) is 4.87. The van der Waals surface area contributed by atoms with Crippen molar-refractivity contribution in [3.05, 3.63) is 87.9 Å². The highest BCUT2D eigenvalue weighted by atomic mass is 35.5. The molecule has 0 bridgehead atoms. The zero-order valence-corrected chi connectivity index (χ0v) is 21.5. The number of hydrogen-bond donors (Lipinski definition) is 2. The third-order valence-corrected chi connectivity index (χ3v) is 6.31. The Morgan fingerprint density at radius 3 is 2.32 bits per heavy atom. The van der Waals surface area contributed by atoms with Crippen molar-refractivity contribution in [2.75, 3.05) is 25.7 Å². The summed E-state index contributed by atoms with van der Waals surface area (Å²) in [5.74, 6) is -2.59. The molecule has 38 heavy (non-hydrogen) atoms. The van der Waals surface area contributed by atoms with Gasteiger partial charge in [0, 0.05) is 11.8 Å². The van der Waals surface area contributed by atoms with Gasteiger partial charge in [-0.25, -0.2) is 4.79 Å². The van der Waals surface area contributed by atoms with Crippen LogP contribution >= 0.6 is 11.6 Å². The largest absolute Gasteiger partial charge is 0.508 e. The van der Waals surface area contributed by atoms with Crippen molar-refractivity contribution < 1.29 is 38.8 Å². The van der Waals surface area contributed by atoms with Crippen molar-refractivity contribution in [3.63, 3.8) is 0 Å². The molecule has 3 aromatic carbocycles. The highest BCUT2D eigenvalue weighted by molar-refractivity contribution is 6.51. The first-order valence-corrected chi connectivity index (χ1v) is 11.9. The lowest BCUT2D eigenvalue weighted by Crippen LogP contribution is -2.29. The topological polar surface area (TPSA) is 123 Å². The van der Waals surface area contributed by atoms with Gasteiger partial charge in [0.1, 0.15) is 23.0 Å². The first-order valence-electron chi connectivity index (χ1n) is 11.5. The summed E-state index contributed by atoms with van der Waals surface area (Å²) < 4.78 is 15.7. The number of hydrogen-bond acceptors (Lipinski definition) is 8. The number of rotatable bonds is 7. The minimum atomic E-state index is -1.11. The van der Waals surface area contributed by atoms with E-state index in [1.165, 1.54) is 67.7 Å². The zero-order chi connectivity index (χ0) is 27.6. The number of anilines is 1. The average Bonchev–Trinajstić information content (AvgIpc) is 3.18. The van der Waals surface area contributed by atoms with Gasteiger partial charge in [0.05, 0.1) is 48.6 Å². The van der Waals surface area contributed by atoms with Gasteiger partial charge in [-0.2, -0.15) is 0 Å². The van der Waals surface area contributed by atoms with E-state index in [4.69, 9.17) is 25.8 Å². The molecule has 2 N–H and O–H groups in total. The molecule has 1 heterocycles. The number of aliphatic hydroxyl groups is 1. The molecule has 1 aliphatic heterocycles. The maximum Gasteiger partial charge on any atom is 0.338 e. The smallest absolute Gasteiger partial charge is 0.338 e. The van der Waals surface area contributed by atoms with Crippen molar-refractivity contribution in [1.82, 2.24) is 0 Å². The molecule has 1 atom stereocenters. The maximum atomic E-state index is 13.4. The van der Waals surface area contributed by atoms with Gasteiger partial charge in [-0.05, 0) is 48.9 Å². The number of Topliss-reactive ketones (excluding diaryl/α,β-unsaturated/α-hetero) is 1. The number of carbonyl (C=O) groups excluding carboxylic acids is 3. The highest BCUT2D eigenvalue weighted by Crippen LogP contribution is 2.45. The molecule has 1 aliphatic rings. The Morgan fingerprint density at radius 1 is 1.00 bits per heavy atom. The van der Waals surface area contributed by atoms with E-state index in [0.717, 1.165) is 0 Å². The van der Waals surface area contributed by atoms with Crippen molar-refractivity contribution in [2.45, 2.75) is 13.0 Å². The molecule has 0 aliphatic carbocycles. The molecule has 1 fully saturated rings. The van der Waals surface area contributed by atoms with E-state index in [0.29, 0.717) is 5.56 Å². The molecule has 0 saturated carbocycles. The SMILES string of the molecule is CCOC(=O)c1cccc(N2C(=O)C(=O)/C(=C(/O)c3cc(Cl)c(OC)cc3OC)C2c2ccc(O)cc2)c1. The summed E-state index contributed by atoms with van der Waals surface area (Å²) in [5.41, 5.74) is 0.666. The second kappa shape index (κ2) is 10.9. The molecule has 0 spiro atoms. The van der Waals surface area contributed by atoms with E-state index in [2.05, 4.69) is 0 Å². The van der Waals surface area contributed by atoms with E-state index in [1.54, 1.807) is 19.1 Å². The molecular formula is C28H24ClNO8. The molecule has 3 aromatic rings. The summed E-state index contributed by atoms with van der Waals surface area (Å²) in [6.07, 6.45) is 0. The van der Waals surface area contributed by atoms with Crippen molar-refractivity contribution in [2.24, 2.45) is 0 Å². The lowest BCUT2D eigenvalue weighted by atomic mass is 9.94. The number of methoxy groups -OCH3 is 2. The Labute approximate surface area is 223 Å². The van der Waals surface area contributed by atoms with Crippen LogP contribution < -0.4 is 14.4 Å². The number of ether oxygens (including phenoxy) is 3. The summed E-state index contributed by atoms with van der Waals surface area (Å²) in [6.45, 7) is 1.83. The van der Waals surface area contributed by atoms with Gasteiger partial charge in [-0.15, -0.1) is 0 Å². The minimum absolute atomic E-state index is 0.0291. The lowest BCUT2D eigenvalue weighted by Gasteiger charge is -2.26. The molecular weight excluding hydrogens is 514 g/mol. The van der Waals surface area contributed by atoms with Gasteiger partial charge < -0.3 is 24.4 Å². The van der Waals surface area contributed by atoms with Crippen molar-refractivity contribution >= 4 is 40.7 Å². The van der Waals surface area contributed by atoms with Crippen LogP contribution in [0.25, 0.3) is 5.76 Å².